The van der Waals surface area contributed by atoms with Gasteiger partial charge in [0.2, 0.25) is 0 Å². The van der Waals surface area contributed by atoms with E-state index < -0.39 is 0 Å². The van der Waals surface area contributed by atoms with Crippen LogP contribution in [0.2, 0.25) is 0 Å². The second-order valence-electron chi connectivity index (χ2n) is 4.42. The second-order valence-corrected chi connectivity index (χ2v) is 4.42. The van der Waals surface area contributed by atoms with Crippen LogP contribution < -0.4 is 5.32 Å². The number of amides is 1. The van der Waals surface area contributed by atoms with Crippen molar-refractivity contribution in [1.82, 2.24) is 15.2 Å². The highest BCUT2D eigenvalue weighted by molar-refractivity contribution is 5.93. The van der Waals surface area contributed by atoms with E-state index in [-0.39, 0.29) is 11.8 Å². The van der Waals surface area contributed by atoms with E-state index in [0.29, 0.717) is 5.69 Å². The van der Waals surface area contributed by atoms with Crippen LogP contribution in [-0.2, 0) is 0 Å². The molecule has 0 saturated carbocycles. The third-order valence-electron chi connectivity index (χ3n) is 3.26. The standard InChI is InChI=1S/C12H19N3O2/c1-3-9(2)11-10(14-8-17-11)12(16)15-6-4-13-5-7-15/h8-9,13H,3-7H2,1-2H3. The first kappa shape index (κ1) is 12.1. The van der Waals surface area contributed by atoms with Gasteiger partial charge in [-0.05, 0) is 6.42 Å². The zero-order valence-corrected chi connectivity index (χ0v) is 10.4. The highest BCUT2D eigenvalue weighted by atomic mass is 16.3. The molecule has 0 spiro atoms. The average molecular weight is 237 g/mol. The summed E-state index contributed by atoms with van der Waals surface area (Å²) in [7, 11) is 0. The molecule has 1 amide bonds. The molecule has 1 aromatic heterocycles. The van der Waals surface area contributed by atoms with Crippen molar-refractivity contribution in [3.05, 3.63) is 17.8 Å². The summed E-state index contributed by atoms with van der Waals surface area (Å²) in [4.78, 5) is 18.2. The van der Waals surface area contributed by atoms with Gasteiger partial charge in [0.1, 0.15) is 5.76 Å². The number of carbonyl (C=O) groups is 1. The summed E-state index contributed by atoms with van der Waals surface area (Å²) in [6.07, 6.45) is 2.31. The number of piperazine rings is 1. The predicted octanol–water partition coefficient (Wildman–Crippen LogP) is 1.23. The largest absolute Gasteiger partial charge is 0.447 e. The first-order valence-corrected chi connectivity index (χ1v) is 6.17. The van der Waals surface area contributed by atoms with Crippen LogP contribution in [0.5, 0.6) is 0 Å². The molecule has 1 aromatic rings. The lowest BCUT2D eigenvalue weighted by Gasteiger charge is -2.27. The van der Waals surface area contributed by atoms with E-state index in [1.165, 1.54) is 6.39 Å². The fraction of sp³-hybridized carbons (Fsp3) is 0.667. The van der Waals surface area contributed by atoms with Gasteiger partial charge in [-0.2, -0.15) is 0 Å². The van der Waals surface area contributed by atoms with Crippen molar-refractivity contribution in [2.24, 2.45) is 0 Å². The van der Waals surface area contributed by atoms with Crippen LogP contribution in [0.25, 0.3) is 0 Å². The maximum Gasteiger partial charge on any atom is 0.276 e. The Hall–Kier alpha value is -1.36. The number of nitrogens with one attached hydrogen (secondary N) is 1. The van der Waals surface area contributed by atoms with E-state index in [1.807, 2.05) is 4.90 Å². The summed E-state index contributed by atoms with van der Waals surface area (Å²) >= 11 is 0. The van der Waals surface area contributed by atoms with Crippen LogP contribution in [0.4, 0.5) is 0 Å². The van der Waals surface area contributed by atoms with Gasteiger partial charge in [-0.3, -0.25) is 4.79 Å². The van der Waals surface area contributed by atoms with Crippen molar-refractivity contribution in [3.63, 3.8) is 0 Å². The Morgan fingerprint density at radius 2 is 2.29 bits per heavy atom. The SMILES string of the molecule is CCC(C)c1ocnc1C(=O)N1CCNCC1. The van der Waals surface area contributed by atoms with Crippen LogP contribution in [0.3, 0.4) is 0 Å². The normalized spacial score (nSPS) is 18.1. The molecular weight excluding hydrogens is 218 g/mol. The van der Waals surface area contributed by atoms with Crippen LogP contribution in [0, 0.1) is 0 Å². The van der Waals surface area contributed by atoms with Crippen LogP contribution in [0.15, 0.2) is 10.8 Å². The molecule has 1 saturated heterocycles. The maximum absolute atomic E-state index is 12.3. The monoisotopic (exact) mass is 237 g/mol. The van der Waals surface area contributed by atoms with Gasteiger partial charge < -0.3 is 14.6 Å². The maximum atomic E-state index is 12.3. The third kappa shape index (κ3) is 2.49. The molecule has 2 rings (SSSR count). The highest BCUT2D eigenvalue weighted by Gasteiger charge is 2.25. The van der Waals surface area contributed by atoms with Crippen LogP contribution in [0.1, 0.15) is 42.4 Å². The Bertz CT molecular complexity index is 383. The first-order chi connectivity index (χ1) is 8.24. The Morgan fingerprint density at radius 1 is 1.59 bits per heavy atom. The van der Waals surface area contributed by atoms with Gasteiger partial charge >= 0.3 is 0 Å². The Morgan fingerprint density at radius 3 is 2.94 bits per heavy atom. The van der Waals surface area contributed by atoms with E-state index in [2.05, 4.69) is 24.1 Å². The minimum Gasteiger partial charge on any atom is -0.447 e. The number of oxazole rings is 1. The molecule has 0 aliphatic carbocycles. The minimum absolute atomic E-state index is 0.00412. The summed E-state index contributed by atoms with van der Waals surface area (Å²) in [6.45, 7) is 7.31. The molecule has 1 fully saturated rings. The molecule has 0 radical (unpaired) electrons. The molecule has 0 bridgehead atoms. The van der Waals surface area contributed by atoms with Gasteiger partial charge in [0.15, 0.2) is 12.1 Å². The van der Waals surface area contributed by atoms with Crippen molar-refractivity contribution in [3.8, 4) is 0 Å². The molecule has 17 heavy (non-hydrogen) atoms. The lowest BCUT2D eigenvalue weighted by atomic mass is 10.0. The average Bonchev–Trinajstić information content (AvgIpc) is 2.87. The van der Waals surface area contributed by atoms with E-state index in [4.69, 9.17) is 4.42 Å². The van der Waals surface area contributed by atoms with Crippen molar-refractivity contribution in [2.45, 2.75) is 26.2 Å². The van der Waals surface area contributed by atoms with Crippen molar-refractivity contribution < 1.29 is 9.21 Å². The Labute approximate surface area is 101 Å². The Balaban J connectivity index is 2.15. The topological polar surface area (TPSA) is 58.4 Å². The number of aromatic nitrogens is 1. The first-order valence-electron chi connectivity index (χ1n) is 6.17. The summed E-state index contributed by atoms with van der Waals surface area (Å²) in [5.74, 6) is 0.950. The smallest absolute Gasteiger partial charge is 0.276 e. The molecule has 94 valence electrons. The molecule has 1 N–H and O–H groups in total. The molecule has 1 atom stereocenters. The van der Waals surface area contributed by atoms with Gasteiger partial charge in [-0.25, -0.2) is 4.98 Å². The Kier molecular flexibility index (Phi) is 3.78. The summed E-state index contributed by atoms with van der Waals surface area (Å²) in [5, 5.41) is 3.23. The molecular formula is C12H19N3O2. The lowest BCUT2D eigenvalue weighted by Crippen LogP contribution is -2.46. The summed E-state index contributed by atoms with van der Waals surface area (Å²) in [6, 6.07) is 0. The van der Waals surface area contributed by atoms with Gasteiger partial charge in [0.05, 0.1) is 0 Å². The fourth-order valence-electron chi connectivity index (χ4n) is 1.97. The van der Waals surface area contributed by atoms with Crippen molar-refractivity contribution in [2.75, 3.05) is 26.2 Å². The van der Waals surface area contributed by atoms with Crippen LogP contribution >= 0.6 is 0 Å². The third-order valence-corrected chi connectivity index (χ3v) is 3.26. The van der Waals surface area contributed by atoms with E-state index >= 15 is 0 Å². The van der Waals surface area contributed by atoms with E-state index in [9.17, 15) is 4.79 Å². The van der Waals surface area contributed by atoms with Crippen LogP contribution in [-0.4, -0.2) is 42.0 Å². The quantitative estimate of drug-likeness (QED) is 0.859. The molecule has 5 heteroatoms. The minimum atomic E-state index is -0.00412. The predicted molar refractivity (Wildman–Crippen MR) is 64.0 cm³/mol. The number of nitrogens with zero attached hydrogens (tertiary/aromatic N) is 2. The van der Waals surface area contributed by atoms with E-state index in [0.717, 1.165) is 38.4 Å². The fourth-order valence-corrected chi connectivity index (χ4v) is 1.97. The zero-order chi connectivity index (χ0) is 12.3. The van der Waals surface area contributed by atoms with Gasteiger partial charge in [-0.15, -0.1) is 0 Å². The highest BCUT2D eigenvalue weighted by Crippen LogP contribution is 2.23. The van der Waals surface area contributed by atoms with Crippen molar-refractivity contribution in [1.29, 1.82) is 0 Å². The van der Waals surface area contributed by atoms with Gasteiger partial charge in [0.25, 0.3) is 5.91 Å². The lowest BCUT2D eigenvalue weighted by molar-refractivity contribution is 0.0727. The number of carbonyl (C=O) groups excluding carboxylic acids is 1. The molecule has 1 aliphatic heterocycles. The molecule has 5 nitrogen and oxygen atoms in total. The molecule has 2 heterocycles. The molecule has 1 unspecified atom stereocenters. The summed E-state index contributed by atoms with van der Waals surface area (Å²) < 4.78 is 5.36. The molecule has 0 aromatic carbocycles. The zero-order valence-electron chi connectivity index (χ0n) is 10.4. The number of rotatable bonds is 3. The van der Waals surface area contributed by atoms with Gasteiger partial charge in [-0.1, -0.05) is 13.8 Å². The van der Waals surface area contributed by atoms with E-state index in [1.54, 1.807) is 0 Å². The van der Waals surface area contributed by atoms with Crippen molar-refractivity contribution >= 4 is 5.91 Å². The number of hydrogen-bond donors (Lipinski definition) is 1. The number of hydrogen-bond acceptors (Lipinski definition) is 4. The second kappa shape index (κ2) is 5.31. The molecule has 1 aliphatic rings. The van der Waals surface area contributed by atoms with Gasteiger partial charge in [0, 0.05) is 32.1 Å². The summed E-state index contributed by atoms with van der Waals surface area (Å²) in [5.41, 5.74) is 0.487.